The summed E-state index contributed by atoms with van der Waals surface area (Å²) in [6.45, 7) is 1.61. The van der Waals surface area contributed by atoms with E-state index in [0.717, 1.165) is 82.6 Å². The number of hydrogen-bond donors (Lipinski definition) is 1. The van der Waals surface area contributed by atoms with Crippen molar-refractivity contribution in [3.05, 3.63) is 67.2 Å². The Morgan fingerprint density at radius 3 is 1.59 bits per heavy atom. The van der Waals surface area contributed by atoms with Crippen LogP contribution < -0.4 is 5.32 Å². The molecule has 0 aliphatic heterocycles. The van der Waals surface area contributed by atoms with Crippen LogP contribution in [0.1, 0.15) is 82.6 Å². The second-order valence-electron chi connectivity index (χ2n) is 12.2. The zero-order valence-electron chi connectivity index (χ0n) is 22.5. The Balaban J connectivity index is 1.60. The van der Waals surface area contributed by atoms with Crippen molar-refractivity contribution in [2.24, 2.45) is 31.6 Å². The van der Waals surface area contributed by atoms with Crippen LogP contribution in [0.15, 0.2) is 45.7 Å². The molecule has 12 heteroatoms. The third-order valence-corrected chi connectivity index (χ3v) is 9.06. The molecule has 0 unspecified atom stereocenters. The summed E-state index contributed by atoms with van der Waals surface area (Å²) >= 11 is 0. The molecule has 0 heterocycles. The largest absolute Gasteiger partial charge is 0.445 e. The normalized spacial score (nSPS) is 29.9. The van der Waals surface area contributed by atoms with E-state index in [4.69, 9.17) is 21.3 Å². The molecule has 1 N–H and O–H groups in total. The van der Waals surface area contributed by atoms with Gasteiger partial charge >= 0.3 is 6.09 Å². The molecule has 208 valence electrons. The van der Waals surface area contributed by atoms with Crippen molar-refractivity contribution in [1.29, 1.82) is 0 Å². The molecule has 4 aliphatic carbocycles. The molecular formula is C27H38N10O2. The third-order valence-electron chi connectivity index (χ3n) is 9.06. The van der Waals surface area contributed by atoms with Crippen LogP contribution in [0.5, 0.6) is 0 Å². The molecule has 12 nitrogen and oxygen atoms in total. The SMILES string of the molecule is [N-]=[N+]=NCCCC12CC3(CCCN=[N+]=[N-])CC(CCCN=[N+]=[N-])(C1)CC(NC(=O)OCc1ccccc1)(C2)C3. The molecule has 0 spiro atoms. The molecule has 4 bridgehead atoms. The number of azide groups is 3. The molecule has 39 heavy (non-hydrogen) atoms. The molecule has 0 radical (unpaired) electrons. The van der Waals surface area contributed by atoms with Crippen molar-refractivity contribution >= 4 is 6.09 Å². The van der Waals surface area contributed by atoms with E-state index < -0.39 is 11.6 Å². The number of rotatable bonds is 15. The van der Waals surface area contributed by atoms with Gasteiger partial charge in [0.1, 0.15) is 6.61 Å². The van der Waals surface area contributed by atoms with E-state index in [1.807, 2.05) is 30.3 Å². The van der Waals surface area contributed by atoms with Crippen LogP contribution in [-0.4, -0.2) is 31.3 Å². The van der Waals surface area contributed by atoms with Crippen molar-refractivity contribution in [2.45, 2.75) is 89.2 Å². The molecule has 0 aromatic heterocycles. The summed E-state index contributed by atoms with van der Waals surface area (Å²) in [5, 5.41) is 14.7. The van der Waals surface area contributed by atoms with Crippen LogP contribution in [0.2, 0.25) is 0 Å². The fourth-order valence-corrected chi connectivity index (χ4v) is 8.90. The molecule has 0 atom stereocenters. The minimum Gasteiger partial charge on any atom is -0.445 e. The topological polar surface area (TPSA) is 185 Å². The highest BCUT2D eigenvalue weighted by atomic mass is 16.5. The number of amides is 1. The number of nitrogens with zero attached hydrogens (tertiary/aromatic N) is 9. The van der Waals surface area contributed by atoms with E-state index >= 15 is 0 Å². The minimum absolute atomic E-state index is 0.0173. The Kier molecular flexibility index (Phi) is 9.12. The molecule has 1 aromatic rings. The van der Waals surface area contributed by atoms with Crippen molar-refractivity contribution in [3.63, 3.8) is 0 Å². The van der Waals surface area contributed by atoms with Crippen molar-refractivity contribution in [1.82, 2.24) is 5.32 Å². The van der Waals surface area contributed by atoms with Gasteiger partial charge in [-0.05, 0) is 115 Å². The zero-order valence-corrected chi connectivity index (χ0v) is 22.5. The maximum atomic E-state index is 13.2. The summed E-state index contributed by atoms with van der Waals surface area (Å²) in [6.07, 6.45) is 10.7. The van der Waals surface area contributed by atoms with Crippen molar-refractivity contribution in [2.75, 3.05) is 19.6 Å². The number of carbonyl (C=O) groups is 1. The number of ether oxygens (including phenoxy) is 1. The Bertz CT molecular complexity index is 1050. The van der Waals surface area contributed by atoms with Gasteiger partial charge in [0.25, 0.3) is 0 Å². The Morgan fingerprint density at radius 1 is 0.744 bits per heavy atom. The van der Waals surface area contributed by atoms with Crippen LogP contribution >= 0.6 is 0 Å². The highest BCUT2D eigenvalue weighted by Crippen LogP contribution is 2.74. The van der Waals surface area contributed by atoms with E-state index in [-0.39, 0.29) is 22.9 Å². The van der Waals surface area contributed by atoms with Gasteiger partial charge in [-0.25, -0.2) is 4.79 Å². The van der Waals surface area contributed by atoms with Crippen LogP contribution in [0, 0.1) is 16.2 Å². The standard InChI is InChI=1S/C27H38N10O2/c28-35-31-12-4-9-24-16-25(10-5-13-32-36-29)18-26(17-24,11-6-14-33-37-30)21-27(19-24,20-25)34-23(38)39-15-22-7-2-1-3-8-22/h1-3,7-8H,4-6,9-21H2,(H,34,38). The van der Waals surface area contributed by atoms with Crippen LogP contribution in [0.25, 0.3) is 31.3 Å². The average Bonchev–Trinajstić information content (AvgIpc) is 2.90. The van der Waals surface area contributed by atoms with Crippen LogP contribution in [0.4, 0.5) is 4.79 Å². The third kappa shape index (κ3) is 7.09. The average molecular weight is 535 g/mol. The molecule has 1 amide bonds. The minimum atomic E-state index is -0.391. The van der Waals surface area contributed by atoms with Gasteiger partial charge in [0, 0.05) is 39.9 Å². The highest BCUT2D eigenvalue weighted by Gasteiger charge is 2.67. The van der Waals surface area contributed by atoms with E-state index in [9.17, 15) is 4.79 Å². The van der Waals surface area contributed by atoms with Gasteiger partial charge in [-0.3, -0.25) is 0 Å². The highest BCUT2D eigenvalue weighted by molar-refractivity contribution is 5.68. The van der Waals surface area contributed by atoms with Gasteiger partial charge in [-0.2, -0.15) is 0 Å². The van der Waals surface area contributed by atoms with Crippen molar-refractivity contribution in [3.8, 4) is 0 Å². The van der Waals surface area contributed by atoms with Gasteiger partial charge in [0.05, 0.1) is 0 Å². The summed E-state index contributed by atoms with van der Waals surface area (Å²) in [5.41, 5.74) is 27.0. The fourth-order valence-electron chi connectivity index (χ4n) is 8.90. The first kappa shape index (κ1) is 28.4. The number of nitrogens with one attached hydrogen (secondary N) is 1. The van der Waals surface area contributed by atoms with Gasteiger partial charge < -0.3 is 10.1 Å². The number of hydrogen-bond acceptors (Lipinski definition) is 5. The molecule has 5 rings (SSSR count). The van der Waals surface area contributed by atoms with Gasteiger partial charge in [0.15, 0.2) is 0 Å². The molecule has 4 aliphatic rings. The second kappa shape index (κ2) is 12.5. The molecule has 4 saturated carbocycles. The van der Waals surface area contributed by atoms with E-state index in [0.29, 0.717) is 19.6 Å². The summed E-state index contributed by atoms with van der Waals surface area (Å²) in [4.78, 5) is 22.0. The molecule has 1 aromatic carbocycles. The monoisotopic (exact) mass is 534 g/mol. The Labute approximate surface area is 228 Å². The van der Waals surface area contributed by atoms with Gasteiger partial charge in [0.2, 0.25) is 0 Å². The first-order valence-corrected chi connectivity index (χ1v) is 13.9. The predicted molar refractivity (Wildman–Crippen MR) is 147 cm³/mol. The number of benzene rings is 1. The fraction of sp³-hybridized carbons (Fsp3) is 0.741. The first-order chi connectivity index (χ1) is 18.9. The van der Waals surface area contributed by atoms with E-state index in [1.165, 1.54) is 0 Å². The van der Waals surface area contributed by atoms with Crippen molar-refractivity contribution < 1.29 is 9.53 Å². The summed E-state index contributed by atoms with van der Waals surface area (Å²) in [6, 6.07) is 9.66. The second-order valence-corrected chi connectivity index (χ2v) is 12.2. The summed E-state index contributed by atoms with van der Waals surface area (Å²) in [7, 11) is 0. The number of alkyl carbamates (subject to hydrolysis) is 1. The predicted octanol–water partition coefficient (Wildman–Crippen LogP) is 8.26. The first-order valence-electron chi connectivity index (χ1n) is 13.9. The maximum Gasteiger partial charge on any atom is 0.407 e. The summed E-state index contributed by atoms with van der Waals surface area (Å²) in [5.74, 6) is 0. The number of carbonyl (C=O) groups excluding carboxylic acids is 1. The lowest BCUT2D eigenvalue weighted by molar-refractivity contribution is -0.184. The van der Waals surface area contributed by atoms with Crippen LogP contribution in [0.3, 0.4) is 0 Å². The van der Waals surface area contributed by atoms with Gasteiger partial charge in [-0.1, -0.05) is 45.7 Å². The molecular weight excluding hydrogens is 496 g/mol. The maximum absolute atomic E-state index is 13.2. The smallest absolute Gasteiger partial charge is 0.407 e. The Morgan fingerprint density at radius 2 is 1.18 bits per heavy atom. The molecule has 0 saturated heterocycles. The summed E-state index contributed by atoms with van der Waals surface area (Å²) < 4.78 is 5.69. The zero-order chi connectivity index (χ0) is 27.7. The van der Waals surface area contributed by atoms with E-state index in [1.54, 1.807) is 0 Å². The quantitative estimate of drug-likeness (QED) is 0.103. The lowest BCUT2D eigenvalue weighted by Crippen LogP contribution is -2.69. The van der Waals surface area contributed by atoms with Crippen LogP contribution in [-0.2, 0) is 11.3 Å². The van der Waals surface area contributed by atoms with E-state index in [2.05, 4.69) is 35.4 Å². The lowest BCUT2D eigenvalue weighted by atomic mass is 9.35. The molecule has 4 fully saturated rings. The van der Waals surface area contributed by atoms with Gasteiger partial charge in [-0.15, -0.1) is 0 Å². The lowest BCUT2D eigenvalue weighted by Gasteiger charge is -2.71. The Hall–Kier alpha value is -3.58.